The van der Waals surface area contributed by atoms with Crippen molar-refractivity contribution < 1.29 is 9.53 Å². The third-order valence-corrected chi connectivity index (χ3v) is 3.51. The van der Waals surface area contributed by atoms with E-state index in [4.69, 9.17) is 4.74 Å². The number of hydrogen-bond acceptors (Lipinski definition) is 4. The van der Waals surface area contributed by atoms with Crippen LogP contribution in [0.15, 0.2) is 18.2 Å². The summed E-state index contributed by atoms with van der Waals surface area (Å²) in [5, 5.41) is 6.29. The SMILES string of the molecule is Cc1cccc(CNCC(CNC(=O)OC(C)(C)C)C(C)C)n1. The van der Waals surface area contributed by atoms with Gasteiger partial charge in [0.25, 0.3) is 0 Å². The van der Waals surface area contributed by atoms with Crippen LogP contribution in [0.3, 0.4) is 0 Å². The molecule has 1 aromatic rings. The van der Waals surface area contributed by atoms with Gasteiger partial charge < -0.3 is 15.4 Å². The molecule has 0 aliphatic heterocycles. The van der Waals surface area contributed by atoms with Crippen LogP contribution < -0.4 is 10.6 Å². The minimum Gasteiger partial charge on any atom is -0.444 e. The number of rotatable bonds is 7. The monoisotopic (exact) mass is 321 g/mol. The average molecular weight is 321 g/mol. The zero-order chi connectivity index (χ0) is 17.5. The van der Waals surface area contributed by atoms with E-state index in [1.807, 2.05) is 45.9 Å². The maximum Gasteiger partial charge on any atom is 0.407 e. The summed E-state index contributed by atoms with van der Waals surface area (Å²) in [5.74, 6) is 0.801. The molecule has 1 atom stereocenters. The fourth-order valence-corrected chi connectivity index (χ4v) is 2.16. The Morgan fingerprint density at radius 1 is 1.26 bits per heavy atom. The fourth-order valence-electron chi connectivity index (χ4n) is 2.16. The van der Waals surface area contributed by atoms with Crippen LogP contribution in [-0.4, -0.2) is 29.8 Å². The molecule has 0 aromatic carbocycles. The van der Waals surface area contributed by atoms with Crippen LogP contribution in [0.4, 0.5) is 4.79 Å². The smallest absolute Gasteiger partial charge is 0.407 e. The van der Waals surface area contributed by atoms with Gasteiger partial charge in [0.15, 0.2) is 0 Å². The Labute approximate surface area is 140 Å². The van der Waals surface area contributed by atoms with E-state index in [0.29, 0.717) is 18.4 Å². The Hall–Kier alpha value is -1.62. The third kappa shape index (κ3) is 8.55. The van der Waals surface area contributed by atoms with Gasteiger partial charge in [-0.2, -0.15) is 0 Å². The quantitative estimate of drug-likeness (QED) is 0.809. The van der Waals surface area contributed by atoms with Gasteiger partial charge in [0.2, 0.25) is 0 Å². The first-order chi connectivity index (χ1) is 10.7. The highest BCUT2D eigenvalue weighted by atomic mass is 16.6. The number of nitrogens with zero attached hydrogens (tertiary/aromatic N) is 1. The fraction of sp³-hybridized carbons (Fsp3) is 0.667. The molecule has 0 aliphatic rings. The number of pyridine rings is 1. The molecular weight excluding hydrogens is 290 g/mol. The molecule has 1 rings (SSSR count). The molecule has 2 N–H and O–H groups in total. The van der Waals surface area contributed by atoms with E-state index >= 15 is 0 Å². The van der Waals surface area contributed by atoms with Crippen molar-refractivity contribution in [3.05, 3.63) is 29.6 Å². The lowest BCUT2D eigenvalue weighted by Gasteiger charge is -2.24. The van der Waals surface area contributed by atoms with Crippen molar-refractivity contribution in [3.8, 4) is 0 Å². The standard InChI is InChI=1S/C18H31N3O2/c1-13(2)15(11-20-17(22)23-18(4,5)6)10-19-12-16-9-7-8-14(3)21-16/h7-9,13,15,19H,10-12H2,1-6H3,(H,20,22). The number of alkyl carbamates (subject to hydrolysis) is 1. The summed E-state index contributed by atoms with van der Waals surface area (Å²) in [6, 6.07) is 6.03. The average Bonchev–Trinajstić information content (AvgIpc) is 2.40. The van der Waals surface area contributed by atoms with Gasteiger partial charge in [-0.25, -0.2) is 4.79 Å². The van der Waals surface area contributed by atoms with Crippen LogP contribution in [-0.2, 0) is 11.3 Å². The molecule has 0 bridgehead atoms. The number of aryl methyl sites for hydroxylation is 1. The summed E-state index contributed by atoms with van der Waals surface area (Å²) in [4.78, 5) is 16.2. The summed E-state index contributed by atoms with van der Waals surface area (Å²) in [7, 11) is 0. The zero-order valence-corrected chi connectivity index (χ0v) is 15.3. The zero-order valence-electron chi connectivity index (χ0n) is 15.3. The predicted octanol–water partition coefficient (Wildman–Crippen LogP) is 3.28. The van der Waals surface area contributed by atoms with Crippen molar-refractivity contribution in [2.45, 2.75) is 53.7 Å². The van der Waals surface area contributed by atoms with E-state index in [9.17, 15) is 4.79 Å². The number of carbonyl (C=O) groups is 1. The van der Waals surface area contributed by atoms with Gasteiger partial charge in [0, 0.05) is 25.3 Å². The third-order valence-electron chi connectivity index (χ3n) is 3.51. The Bertz CT molecular complexity index is 495. The van der Waals surface area contributed by atoms with Crippen LogP contribution in [0.2, 0.25) is 0 Å². The first kappa shape index (κ1) is 19.4. The van der Waals surface area contributed by atoms with E-state index < -0.39 is 5.60 Å². The lowest BCUT2D eigenvalue weighted by molar-refractivity contribution is 0.0515. The highest BCUT2D eigenvalue weighted by molar-refractivity contribution is 5.67. The largest absolute Gasteiger partial charge is 0.444 e. The Morgan fingerprint density at radius 2 is 1.96 bits per heavy atom. The molecule has 1 heterocycles. The Kier molecular flexibility index (Phi) is 7.49. The molecule has 1 amide bonds. The molecule has 23 heavy (non-hydrogen) atoms. The van der Waals surface area contributed by atoms with Crippen molar-refractivity contribution in [3.63, 3.8) is 0 Å². The molecule has 5 heteroatoms. The van der Waals surface area contributed by atoms with Crippen molar-refractivity contribution in [2.24, 2.45) is 11.8 Å². The van der Waals surface area contributed by atoms with E-state index in [2.05, 4.69) is 29.5 Å². The van der Waals surface area contributed by atoms with Crippen LogP contribution in [0, 0.1) is 18.8 Å². The molecule has 0 saturated heterocycles. The highest BCUT2D eigenvalue weighted by Gasteiger charge is 2.19. The molecule has 0 spiro atoms. The first-order valence-corrected chi connectivity index (χ1v) is 8.27. The lowest BCUT2D eigenvalue weighted by atomic mass is 9.96. The number of ether oxygens (including phenoxy) is 1. The van der Waals surface area contributed by atoms with Crippen molar-refractivity contribution in [1.29, 1.82) is 0 Å². The van der Waals surface area contributed by atoms with Crippen molar-refractivity contribution in [2.75, 3.05) is 13.1 Å². The second kappa shape index (κ2) is 8.87. The van der Waals surface area contributed by atoms with Gasteiger partial charge in [-0.1, -0.05) is 19.9 Å². The maximum absolute atomic E-state index is 11.8. The number of nitrogens with one attached hydrogen (secondary N) is 2. The summed E-state index contributed by atoms with van der Waals surface area (Å²) in [6.07, 6.45) is -0.358. The minimum absolute atomic E-state index is 0.340. The summed E-state index contributed by atoms with van der Waals surface area (Å²) in [5.41, 5.74) is 1.59. The van der Waals surface area contributed by atoms with E-state index in [0.717, 1.165) is 24.5 Å². The van der Waals surface area contributed by atoms with Gasteiger partial charge in [-0.05, 0) is 51.7 Å². The van der Waals surface area contributed by atoms with Crippen LogP contribution in [0.25, 0.3) is 0 Å². The Morgan fingerprint density at radius 3 is 2.52 bits per heavy atom. The summed E-state index contributed by atoms with van der Waals surface area (Å²) >= 11 is 0. The van der Waals surface area contributed by atoms with Gasteiger partial charge in [0.1, 0.15) is 5.60 Å². The molecule has 0 saturated carbocycles. The number of hydrogen-bond donors (Lipinski definition) is 2. The maximum atomic E-state index is 11.8. The highest BCUT2D eigenvalue weighted by Crippen LogP contribution is 2.10. The molecule has 5 nitrogen and oxygen atoms in total. The molecule has 1 aromatic heterocycles. The second-order valence-electron chi connectivity index (χ2n) is 7.29. The Balaban J connectivity index is 2.39. The molecule has 130 valence electrons. The second-order valence-corrected chi connectivity index (χ2v) is 7.29. The molecule has 1 unspecified atom stereocenters. The van der Waals surface area contributed by atoms with Crippen LogP contribution >= 0.6 is 0 Å². The first-order valence-electron chi connectivity index (χ1n) is 8.27. The normalized spacial score (nSPS) is 13.0. The molecule has 0 radical (unpaired) electrons. The van der Waals surface area contributed by atoms with Gasteiger partial charge in [-0.15, -0.1) is 0 Å². The van der Waals surface area contributed by atoms with Crippen LogP contribution in [0.5, 0.6) is 0 Å². The molecule has 0 aliphatic carbocycles. The molecular formula is C18H31N3O2. The summed E-state index contributed by atoms with van der Waals surface area (Å²) < 4.78 is 5.27. The van der Waals surface area contributed by atoms with Crippen molar-refractivity contribution >= 4 is 6.09 Å². The summed E-state index contributed by atoms with van der Waals surface area (Å²) in [6.45, 7) is 14.1. The number of amides is 1. The van der Waals surface area contributed by atoms with Crippen LogP contribution in [0.1, 0.15) is 46.0 Å². The van der Waals surface area contributed by atoms with E-state index in [-0.39, 0.29) is 6.09 Å². The number of carbonyl (C=O) groups excluding carboxylic acids is 1. The predicted molar refractivity (Wildman–Crippen MR) is 93.2 cm³/mol. The van der Waals surface area contributed by atoms with Gasteiger partial charge in [0.05, 0.1) is 5.69 Å². The number of aromatic nitrogens is 1. The topological polar surface area (TPSA) is 63.2 Å². The van der Waals surface area contributed by atoms with E-state index in [1.54, 1.807) is 0 Å². The van der Waals surface area contributed by atoms with E-state index in [1.165, 1.54) is 0 Å². The lowest BCUT2D eigenvalue weighted by Crippen LogP contribution is -2.39. The minimum atomic E-state index is -0.466. The van der Waals surface area contributed by atoms with Gasteiger partial charge >= 0.3 is 6.09 Å². The van der Waals surface area contributed by atoms with Gasteiger partial charge in [-0.3, -0.25) is 4.98 Å². The van der Waals surface area contributed by atoms with Crippen molar-refractivity contribution in [1.82, 2.24) is 15.6 Å². The molecule has 0 fully saturated rings.